The number of rotatable bonds is 7. The quantitative estimate of drug-likeness (QED) is 0.829. The lowest BCUT2D eigenvalue weighted by Crippen LogP contribution is -2.37. The fourth-order valence-corrected chi connectivity index (χ4v) is 3.11. The Balaban J connectivity index is 1.72. The average Bonchev–Trinajstić information content (AvgIpc) is 3.39. The lowest BCUT2D eigenvalue weighted by Gasteiger charge is -2.31. The van der Waals surface area contributed by atoms with Crippen molar-refractivity contribution in [2.45, 2.75) is 38.5 Å². The summed E-state index contributed by atoms with van der Waals surface area (Å²) < 4.78 is 13.4. The first-order valence-electron chi connectivity index (χ1n) is 8.35. The van der Waals surface area contributed by atoms with E-state index >= 15 is 0 Å². The minimum atomic E-state index is -0.671. The van der Waals surface area contributed by atoms with E-state index in [0.717, 1.165) is 12.5 Å². The first-order chi connectivity index (χ1) is 11.1. The number of aliphatic hydroxyl groups is 1. The van der Waals surface area contributed by atoms with Crippen molar-refractivity contribution in [3.63, 3.8) is 0 Å². The lowest BCUT2D eigenvalue weighted by molar-refractivity contribution is 0.0792. The van der Waals surface area contributed by atoms with Gasteiger partial charge in [0.15, 0.2) is 0 Å². The van der Waals surface area contributed by atoms with Crippen LogP contribution in [0.25, 0.3) is 0 Å². The van der Waals surface area contributed by atoms with Crippen LogP contribution in [0, 0.1) is 11.7 Å². The molecule has 3 heteroatoms. The summed E-state index contributed by atoms with van der Waals surface area (Å²) in [4.78, 5) is 2.32. The highest BCUT2D eigenvalue weighted by atomic mass is 19.1. The third kappa shape index (κ3) is 4.40. The number of benzene rings is 2. The molecule has 1 N–H and O–H groups in total. The maximum absolute atomic E-state index is 13.4. The van der Waals surface area contributed by atoms with Crippen LogP contribution in [0.1, 0.15) is 37.0 Å². The number of nitrogens with zero attached hydrogens (tertiary/aromatic N) is 1. The molecule has 2 aromatic carbocycles. The Kier molecular flexibility index (Phi) is 5.09. The van der Waals surface area contributed by atoms with Crippen molar-refractivity contribution in [2.75, 3.05) is 6.54 Å². The van der Waals surface area contributed by atoms with Crippen LogP contribution in [0.3, 0.4) is 0 Å². The zero-order chi connectivity index (χ0) is 16.2. The molecule has 0 aromatic heterocycles. The highest BCUT2D eigenvalue weighted by Gasteiger charge is 2.32. The minimum Gasteiger partial charge on any atom is -0.387 e. The van der Waals surface area contributed by atoms with Gasteiger partial charge in [-0.3, -0.25) is 4.90 Å². The summed E-state index contributed by atoms with van der Waals surface area (Å²) in [6.07, 6.45) is 1.86. The van der Waals surface area contributed by atoms with Crippen molar-refractivity contribution in [2.24, 2.45) is 5.92 Å². The van der Waals surface area contributed by atoms with E-state index < -0.39 is 6.10 Å². The fourth-order valence-electron chi connectivity index (χ4n) is 3.11. The van der Waals surface area contributed by atoms with Crippen LogP contribution < -0.4 is 0 Å². The topological polar surface area (TPSA) is 23.5 Å². The molecule has 0 spiro atoms. The van der Waals surface area contributed by atoms with Gasteiger partial charge in [-0.05, 0) is 48.9 Å². The van der Waals surface area contributed by atoms with E-state index in [1.165, 1.54) is 30.5 Å². The maximum Gasteiger partial charge on any atom is 0.123 e. The van der Waals surface area contributed by atoms with Crippen LogP contribution in [0.5, 0.6) is 0 Å². The third-order valence-corrected chi connectivity index (χ3v) is 4.75. The zero-order valence-corrected chi connectivity index (χ0v) is 13.5. The summed E-state index contributed by atoms with van der Waals surface area (Å²) in [5.74, 6) is 0.421. The van der Waals surface area contributed by atoms with Crippen LogP contribution in [-0.4, -0.2) is 22.6 Å². The molecule has 2 aromatic rings. The normalized spacial score (nSPS) is 17.2. The molecule has 0 aliphatic heterocycles. The van der Waals surface area contributed by atoms with E-state index in [1.807, 2.05) is 18.2 Å². The van der Waals surface area contributed by atoms with Crippen molar-refractivity contribution in [1.82, 2.24) is 4.90 Å². The monoisotopic (exact) mass is 313 g/mol. The molecule has 23 heavy (non-hydrogen) atoms. The molecule has 2 atom stereocenters. The van der Waals surface area contributed by atoms with Gasteiger partial charge in [-0.15, -0.1) is 0 Å². The van der Waals surface area contributed by atoms with Gasteiger partial charge in [-0.1, -0.05) is 42.5 Å². The first kappa shape index (κ1) is 16.2. The number of aliphatic hydroxyl groups excluding tert-OH is 1. The molecule has 0 amide bonds. The molecule has 0 saturated heterocycles. The Morgan fingerprint density at radius 3 is 2.52 bits per heavy atom. The molecule has 1 aliphatic carbocycles. The van der Waals surface area contributed by atoms with E-state index in [9.17, 15) is 9.50 Å². The van der Waals surface area contributed by atoms with Crippen molar-refractivity contribution >= 4 is 0 Å². The van der Waals surface area contributed by atoms with Crippen molar-refractivity contribution in [1.29, 1.82) is 0 Å². The molecule has 0 radical (unpaired) electrons. The highest BCUT2D eigenvalue weighted by molar-refractivity contribution is 5.19. The van der Waals surface area contributed by atoms with E-state index in [4.69, 9.17) is 0 Å². The van der Waals surface area contributed by atoms with E-state index in [-0.39, 0.29) is 5.82 Å². The molecular formula is C20H24FNO. The molecule has 0 unspecified atom stereocenters. The Bertz CT molecular complexity index is 627. The lowest BCUT2D eigenvalue weighted by atomic mass is 10.1. The largest absolute Gasteiger partial charge is 0.387 e. The molecule has 122 valence electrons. The molecule has 0 bridgehead atoms. The van der Waals surface area contributed by atoms with Crippen molar-refractivity contribution < 1.29 is 9.50 Å². The van der Waals surface area contributed by atoms with Crippen LogP contribution in [0.4, 0.5) is 4.39 Å². The average molecular weight is 313 g/mol. The standard InChI is InChI=1S/C20H24FNO/c1-15(17-10-11-17)22(13-16-6-3-2-4-7-16)14-20(23)18-8-5-9-19(21)12-18/h2-9,12,15,17,20,23H,10-11,13-14H2,1H3/t15-,20+/m0/s1. The molecule has 0 heterocycles. The van der Waals surface area contributed by atoms with Gasteiger partial charge < -0.3 is 5.11 Å². The summed E-state index contributed by atoms with van der Waals surface area (Å²) in [7, 11) is 0. The van der Waals surface area contributed by atoms with Crippen LogP contribution in [0.2, 0.25) is 0 Å². The third-order valence-electron chi connectivity index (χ3n) is 4.75. The fraction of sp³-hybridized carbons (Fsp3) is 0.400. The van der Waals surface area contributed by atoms with Crippen LogP contribution >= 0.6 is 0 Å². The molecular weight excluding hydrogens is 289 g/mol. The Morgan fingerprint density at radius 2 is 1.87 bits per heavy atom. The zero-order valence-electron chi connectivity index (χ0n) is 13.5. The van der Waals surface area contributed by atoms with Crippen LogP contribution in [-0.2, 0) is 6.54 Å². The Morgan fingerprint density at radius 1 is 1.13 bits per heavy atom. The minimum absolute atomic E-state index is 0.300. The van der Waals surface area contributed by atoms with Gasteiger partial charge in [-0.25, -0.2) is 4.39 Å². The predicted octanol–water partition coefficient (Wildman–Crippen LogP) is 4.16. The summed E-state index contributed by atoms with van der Waals surface area (Å²) >= 11 is 0. The number of halogens is 1. The van der Waals surface area contributed by atoms with Gasteiger partial charge in [0.1, 0.15) is 5.82 Å². The van der Waals surface area contributed by atoms with Crippen molar-refractivity contribution in [3.8, 4) is 0 Å². The number of hydrogen-bond donors (Lipinski definition) is 1. The summed E-state index contributed by atoms with van der Waals surface area (Å²) in [6, 6.07) is 17.0. The van der Waals surface area contributed by atoms with Gasteiger partial charge >= 0.3 is 0 Å². The van der Waals surface area contributed by atoms with Crippen LogP contribution in [0.15, 0.2) is 54.6 Å². The maximum atomic E-state index is 13.4. The Hall–Kier alpha value is -1.71. The second-order valence-electron chi connectivity index (χ2n) is 6.56. The molecule has 2 nitrogen and oxygen atoms in total. The van der Waals surface area contributed by atoms with Gasteiger partial charge in [0.25, 0.3) is 0 Å². The van der Waals surface area contributed by atoms with E-state index in [2.05, 4.69) is 24.0 Å². The molecule has 1 aliphatic rings. The summed E-state index contributed by atoms with van der Waals surface area (Å²) in [5.41, 5.74) is 1.89. The highest BCUT2D eigenvalue weighted by Crippen LogP contribution is 2.36. The van der Waals surface area contributed by atoms with Gasteiger partial charge in [0.05, 0.1) is 6.10 Å². The molecule has 3 rings (SSSR count). The summed E-state index contributed by atoms with van der Waals surface area (Å²) in [6.45, 7) is 3.57. The van der Waals surface area contributed by atoms with E-state index in [1.54, 1.807) is 12.1 Å². The molecule has 1 fully saturated rings. The second kappa shape index (κ2) is 7.24. The molecule has 1 saturated carbocycles. The number of hydrogen-bond acceptors (Lipinski definition) is 2. The van der Waals surface area contributed by atoms with Crippen molar-refractivity contribution in [3.05, 3.63) is 71.5 Å². The van der Waals surface area contributed by atoms with Gasteiger partial charge in [-0.2, -0.15) is 0 Å². The predicted molar refractivity (Wildman–Crippen MR) is 90.4 cm³/mol. The van der Waals surface area contributed by atoms with E-state index in [0.29, 0.717) is 18.2 Å². The smallest absolute Gasteiger partial charge is 0.123 e. The van der Waals surface area contributed by atoms with Gasteiger partial charge in [0, 0.05) is 19.1 Å². The first-order valence-corrected chi connectivity index (χ1v) is 8.35. The SMILES string of the molecule is C[C@@H](C1CC1)N(Cc1ccccc1)C[C@@H](O)c1cccc(F)c1. The Labute approximate surface area is 137 Å². The van der Waals surface area contributed by atoms with Gasteiger partial charge in [0.2, 0.25) is 0 Å². The summed E-state index contributed by atoms with van der Waals surface area (Å²) in [5, 5.41) is 10.5. The second-order valence-corrected chi connectivity index (χ2v) is 6.56.